The zero-order valence-electron chi connectivity index (χ0n) is 17.0. The fraction of sp³-hybridized carbons (Fsp3) is 0.737. The number of carbonyl (C=O) groups excluding carboxylic acids is 1. The Hall–Kier alpha value is -1.11. The van der Waals surface area contributed by atoms with E-state index in [1.807, 2.05) is 11.8 Å². The predicted molar refractivity (Wildman–Crippen MR) is 122 cm³/mol. The minimum atomic E-state index is -4.40. The fourth-order valence-electron chi connectivity index (χ4n) is 3.84. The maximum absolute atomic E-state index is 12.6. The molecule has 0 radical (unpaired) electrons. The first kappa shape index (κ1) is 25.2. The Balaban J connectivity index is 0.00000320. The molecule has 1 aliphatic heterocycles. The molecule has 1 aliphatic carbocycles. The monoisotopic (exact) mass is 559 g/mol. The Kier molecular flexibility index (Phi) is 9.64. The van der Waals surface area contributed by atoms with Gasteiger partial charge in [-0.05, 0) is 26.2 Å². The van der Waals surface area contributed by atoms with Crippen LogP contribution in [0.3, 0.4) is 0 Å². The number of halogens is 4. The Bertz CT molecular complexity index is 721. The number of amides is 1. The zero-order valence-corrected chi connectivity index (χ0v) is 20.2. The molecule has 2 fully saturated rings. The third-order valence-electron chi connectivity index (χ3n) is 5.33. The normalized spacial score (nSPS) is 20.3. The van der Waals surface area contributed by atoms with Crippen LogP contribution in [0.25, 0.3) is 0 Å². The fourth-order valence-corrected chi connectivity index (χ4v) is 4.64. The summed E-state index contributed by atoms with van der Waals surface area (Å²) in [6.07, 6.45) is 1.12. The van der Waals surface area contributed by atoms with E-state index in [0.29, 0.717) is 37.0 Å². The van der Waals surface area contributed by atoms with E-state index in [9.17, 15) is 18.0 Å². The summed E-state index contributed by atoms with van der Waals surface area (Å²) in [4.78, 5) is 22.6. The van der Waals surface area contributed by atoms with Crippen molar-refractivity contribution in [2.75, 3.05) is 26.2 Å². The number of carbonyl (C=O) groups is 1. The molecule has 1 atom stereocenters. The molecule has 1 aromatic rings. The molecule has 0 bridgehead atoms. The Labute approximate surface area is 196 Å². The lowest BCUT2D eigenvalue weighted by Crippen LogP contribution is -2.45. The summed E-state index contributed by atoms with van der Waals surface area (Å²) in [5.74, 6) is 1.09. The summed E-state index contributed by atoms with van der Waals surface area (Å²) in [5.41, 5.74) is -0.843. The van der Waals surface area contributed by atoms with E-state index in [1.165, 1.54) is 0 Å². The second-order valence-electron chi connectivity index (χ2n) is 7.53. The van der Waals surface area contributed by atoms with E-state index >= 15 is 0 Å². The van der Waals surface area contributed by atoms with Gasteiger partial charge < -0.3 is 15.5 Å². The highest BCUT2D eigenvalue weighted by atomic mass is 127. The number of rotatable bonds is 6. The number of likely N-dealkylation sites (tertiary alicyclic amines) is 1. The average Bonchev–Trinajstić information content (AvgIpc) is 3.42. The summed E-state index contributed by atoms with van der Waals surface area (Å²) in [5, 5.41) is 7.98. The Morgan fingerprint density at radius 3 is 2.70 bits per heavy atom. The molecular formula is C19H29F3IN5OS. The van der Waals surface area contributed by atoms with Gasteiger partial charge in [-0.1, -0.05) is 12.8 Å². The summed E-state index contributed by atoms with van der Waals surface area (Å²) in [6, 6.07) is 0.134. The van der Waals surface area contributed by atoms with Crippen LogP contribution in [0.15, 0.2) is 10.4 Å². The number of hydrogen-bond acceptors (Lipinski definition) is 4. The summed E-state index contributed by atoms with van der Waals surface area (Å²) < 4.78 is 37.9. The Morgan fingerprint density at radius 1 is 1.33 bits per heavy atom. The first-order valence-electron chi connectivity index (χ1n) is 10.2. The van der Waals surface area contributed by atoms with E-state index in [1.54, 1.807) is 0 Å². The van der Waals surface area contributed by atoms with Crippen LogP contribution in [0.5, 0.6) is 0 Å². The van der Waals surface area contributed by atoms with Gasteiger partial charge in [0, 0.05) is 49.9 Å². The summed E-state index contributed by atoms with van der Waals surface area (Å²) >= 11 is 1.00. The van der Waals surface area contributed by atoms with Crippen molar-refractivity contribution in [2.45, 2.75) is 57.7 Å². The molecule has 1 saturated heterocycles. The second kappa shape index (κ2) is 11.5. The van der Waals surface area contributed by atoms with Crippen molar-refractivity contribution in [2.24, 2.45) is 10.9 Å². The number of alkyl halides is 3. The van der Waals surface area contributed by atoms with Gasteiger partial charge in [-0.15, -0.1) is 35.3 Å². The number of aliphatic imine (C=N–C) groups is 1. The number of nitrogens with one attached hydrogen (secondary N) is 2. The van der Waals surface area contributed by atoms with E-state index in [-0.39, 0.29) is 41.8 Å². The minimum absolute atomic E-state index is 0. The quantitative estimate of drug-likeness (QED) is 0.317. The van der Waals surface area contributed by atoms with E-state index in [0.717, 1.165) is 55.4 Å². The lowest BCUT2D eigenvalue weighted by Gasteiger charge is -2.21. The van der Waals surface area contributed by atoms with Crippen molar-refractivity contribution in [1.29, 1.82) is 0 Å². The van der Waals surface area contributed by atoms with Gasteiger partial charge in [-0.25, -0.2) is 4.98 Å². The number of thiazole rings is 1. The van der Waals surface area contributed by atoms with Crippen molar-refractivity contribution in [3.63, 3.8) is 0 Å². The van der Waals surface area contributed by atoms with Crippen LogP contribution in [0, 0.1) is 5.92 Å². The van der Waals surface area contributed by atoms with Gasteiger partial charge in [-0.3, -0.25) is 9.79 Å². The average molecular weight is 559 g/mol. The number of aromatic nitrogens is 1. The lowest BCUT2D eigenvalue weighted by molar-refractivity contribution is -0.140. The molecule has 2 aliphatic rings. The molecule has 2 heterocycles. The third-order valence-corrected chi connectivity index (χ3v) is 6.24. The van der Waals surface area contributed by atoms with E-state index in [4.69, 9.17) is 0 Å². The van der Waals surface area contributed by atoms with Crippen LogP contribution >= 0.6 is 35.3 Å². The molecule has 0 aromatic carbocycles. The summed E-state index contributed by atoms with van der Waals surface area (Å²) in [6.45, 7) is 4.40. The molecule has 0 spiro atoms. The Morgan fingerprint density at radius 2 is 2.07 bits per heavy atom. The van der Waals surface area contributed by atoms with Crippen molar-refractivity contribution in [1.82, 2.24) is 20.5 Å². The molecule has 30 heavy (non-hydrogen) atoms. The molecule has 170 valence electrons. The van der Waals surface area contributed by atoms with Crippen molar-refractivity contribution < 1.29 is 18.0 Å². The lowest BCUT2D eigenvalue weighted by atomic mass is 10.1. The number of nitrogens with zero attached hydrogens (tertiary/aromatic N) is 3. The highest BCUT2D eigenvalue weighted by Gasteiger charge is 2.34. The molecular weight excluding hydrogens is 530 g/mol. The van der Waals surface area contributed by atoms with Crippen molar-refractivity contribution in [3.8, 4) is 0 Å². The highest BCUT2D eigenvalue weighted by molar-refractivity contribution is 14.0. The maximum Gasteiger partial charge on any atom is 0.434 e. The molecule has 6 nitrogen and oxygen atoms in total. The molecule has 11 heteroatoms. The van der Waals surface area contributed by atoms with Crippen molar-refractivity contribution in [3.05, 3.63) is 16.1 Å². The third kappa shape index (κ3) is 6.96. The van der Waals surface area contributed by atoms with Gasteiger partial charge in [-0.2, -0.15) is 13.2 Å². The number of hydrogen-bond donors (Lipinski definition) is 2. The molecule has 2 N–H and O–H groups in total. The summed E-state index contributed by atoms with van der Waals surface area (Å²) in [7, 11) is 0. The van der Waals surface area contributed by atoms with E-state index in [2.05, 4.69) is 20.6 Å². The second-order valence-corrected chi connectivity index (χ2v) is 8.47. The molecule has 1 amide bonds. The van der Waals surface area contributed by atoms with Crippen molar-refractivity contribution >= 4 is 47.2 Å². The SMILES string of the molecule is CCNC(=NCCc1nc(C(F)(F)F)cs1)NC1CCN(C(=O)C2CCCC2)C1.I. The van der Waals surface area contributed by atoms with Crippen LogP contribution in [0.2, 0.25) is 0 Å². The smallest absolute Gasteiger partial charge is 0.357 e. The molecule has 1 aromatic heterocycles. The maximum atomic E-state index is 12.6. The van der Waals surface area contributed by atoms with Crippen LogP contribution in [-0.2, 0) is 17.4 Å². The zero-order chi connectivity index (χ0) is 20.9. The first-order valence-corrected chi connectivity index (χ1v) is 11.1. The number of guanidine groups is 1. The first-order chi connectivity index (χ1) is 13.9. The van der Waals surface area contributed by atoms with Gasteiger partial charge in [0.25, 0.3) is 0 Å². The molecule has 1 saturated carbocycles. The van der Waals surface area contributed by atoms with Crippen LogP contribution in [0.4, 0.5) is 13.2 Å². The van der Waals surface area contributed by atoms with E-state index < -0.39 is 11.9 Å². The van der Waals surface area contributed by atoms with Crippen LogP contribution < -0.4 is 10.6 Å². The van der Waals surface area contributed by atoms with Gasteiger partial charge in [0.1, 0.15) is 0 Å². The van der Waals surface area contributed by atoms with Crippen LogP contribution in [0.1, 0.15) is 49.7 Å². The molecule has 3 rings (SSSR count). The van der Waals surface area contributed by atoms with Gasteiger partial charge in [0.2, 0.25) is 5.91 Å². The van der Waals surface area contributed by atoms with Gasteiger partial charge >= 0.3 is 6.18 Å². The van der Waals surface area contributed by atoms with Crippen LogP contribution in [-0.4, -0.2) is 54.0 Å². The van der Waals surface area contributed by atoms with Gasteiger partial charge in [0.15, 0.2) is 11.7 Å². The van der Waals surface area contributed by atoms with Gasteiger partial charge in [0.05, 0.1) is 5.01 Å². The highest BCUT2D eigenvalue weighted by Crippen LogP contribution is 2.30. The standard InChI is InChI=1S/C19H28F3N5OS.HI/c1-2-23-18(24-9-7-16-26-15(12-29-16)19(20,21)22)25-14-8-10-27(11-14)17(28)13-5-3-4-6-13;/h12-14H,2-11H2,1H3,(H2,23,24,25);1H. The molecule has 1 unspecified atom stereocenters. The minimum Gasteiger partial charge on any atom is -0.357 e. The predicted octanol–water partition coefficient (Wildman–Crippen LogP) is 3.67. The largest absolute Gasteiger partial charge is 0.434 e. The topological polar surface area (TPSA) is 69.6 Å².